The Hall–Kier alpha value is -1.92. The second-order valence-corrected chi connectivity index (χ2v) is 5.95. The highest BCUT2D eigenvalue weighted by Crippen LogP contribution is 2.17. The maximum absolute atomic E-state index is 5.02. The average molecular weight is 352 g/mol. The molecule has 24 heavy (non-hydrogen) atoms. The molecule has 6 nitrogen and oxygen atoms in total. The fourth-order valence-corrected chi connectivity index (χ4v) is 2.47. The molecule has 0 aliphatic rings. The summed E-state index contributed by atoms with van der Waals surface area (Å²) in [6.45, 7) is 7.23. The lowest BCUT2D eigenvalue weighted by Gasteiger charge is -2.03. The van der Waals surface area contributed by atoms with Crippen LogP contribution >= 0.6 is 0 Å². The third-order valence-electron chi connectivity index (χ3n) is 3.66. The number of allylic oxidation sites excluding steroid dienone is 4. The van der Waals surface area contributed by atoms with E-state index in [1.165, 1.54) is 17.5 Å². The molecule has 0 spiro atoms. The van der Waals surface area contributed by atoms with Crippen molar-refractivity contribution in [3.63, 3.8) is 0 Å². The van der Waals surface area contributed by atoms with Crippen LogP contribution in [0.2, 0.25) is 0 Å². The molecule has 2 heterocycles. The third-order valence-corrected chi connectivity index (χ3v) is 3.66. The topological polar surface area (TPSA) is 55.9 Å². The summed E-state index contributed by atoms with van der Waals surface area (Å²) in [5.74, 6) is 0.675. The normalized spacial score (nSPS) is 11.3. The number of rotatable bonds is 7. The van der Waals surface area contributed by atoms with E-state index in [1.807, 2.05) is 17.9 Å². The van der Waals surface area contributed by atoms with Crippen molar-refractivity contribution in [1.29, 1.82) is 0 Å². The van der Waals surface area contributed by atoms with Crippen LogP contribution in [0.1, 0.15) is 33.6 Å². The van der Waals surface area contributed by atoms with Crippen molar-refractivity contribution in [3.05, 3.63) is 36.0 Å². The molecule has 0 fully saturated rings. The predicted molar refractivity (Wildman–Crippen MR) is 91.8 cm³/mol. The Morgan fingerprint density at radius 1 is 1.29 bits per heavy atom. The minimum absolute atomic E-state index is 0. The molecule has 132 valence electrons. The molecule has 0 amide bonds. The van der Waals surface area contributed by atoms with Crippen LogP contribution in [-0.4, -0.2) is 21.6 Å². The summed E-state index contributed by atoms with van der Waals surface area (Å²) in [4.78, 5) is 13.6. The predicted octanol–water partition coefficient (Wildman–Crippen LogP) is -0.0742. The first-order valence-electron chi connectivity index (χ1n) is 7.80. The number of aryl methyl sites for hydroxylation is 1. The number of halogens is 1. The molecule has 1 N–H and O–H groups in total. The van der Waals surface area contributed by atoms with Crippen LogP contribution < -0.4 is 22.5 Å². The van der Waals surface area contributed by atoms with Crippen LogP contribution in [0.4, 0.5) is 5.82 Å². The maximum atomic E-state index is 5.02. The van der Waals surface area contributed by atoms with Gasteiger partial charge in [-0.2, -0.15) is 4.98 Å². The highest BCUT2D eigenvalue weighted by molar-refractivity contribution is 5.80. The molecule has 0 unspecified atom stereocenters. The molecule has 0 saturated heterocycles. The van der Waals surface area contributed by atoms with Crippen LogP contribution in [0.3, 0.4) is 0 Å². The molecule has 0 atom stereocenters. The van der Waals surface area contributed by atoms with Gasteiger partial charge in [-0.15, -0.1) is 0 Å². The number of imidazole rings is 1. The Morgan fingerprint density at radius 3 is 2.71 bits per heavy atom. The van der Waals surface area contributed by atoms with Crippen molar-refractivity contribution in [2.75, 3.05) is 12.6 Å². The van der Waals surface area contributed by atoms with Gasteiger partial charge in [-0.05, 0) is 33.6 Å². The molecule has 0 saturated carbocycles. The highest BCUT2D eigenvalue weighted by atomic mass is 35.5. The van der Waals surface area contributed by atoms with Crippen molar-refractivity contribution in [2.45, 2.75) is 40.2 Å². The molecule has 2 aromatic rings. The number of nitrogens with zero attached hydrogens (tertiary/aromatic N) is 4. The quantitative estimate of drug-likeness (QED) is 0.431. The molecule has 0 aliphatic heterocycles. The fourth-order valence-electron chi connectivity index (χ4n) is 2.47. The minimum atomic E-state index is 0. The van der Waals surface area contributed by atoms with E-state index < -0.39 is 0 Å². The number of aromatic nitrogens is 4. The zero-order chi connectivity index (χ0) is 16.8. The summed E-state index contributed by atoms with van der Waals surface area (Å²) in [6.07, 6.45) is 10.3. The third kappa shape index (κ3) is 5.04. The van der Waals surface area contributed by atoms with E-state index in [0.717, 1.165) is 30.6 Å². The first-order valence-corrected chi connectivity index (χ1v) is 7.80. The number of anilines is 1. The van der Waals surface area contributed by atoms with Gasteiger partial charge in [0.1, 0.15) is 0 Å². The molecule has 0 aliphatic carbocycles. The lowest BCUT2D eigenvalue weighted by atomic mass is 10.1. The lowest BCUT2D eigenvalue weighted by Crippen LogP contribution is -3.00. The first-order chi connectivity index (χ1) is 11.0. The van der Waals surface area contributed by atoms with E-state index in [0.29, 0.717) is 5.82 Å². The Morgan fingerprint density at radius 2 is 2.04 bits per heavy atom. The van der Waals surface area contributed by atoms with E-state index in [1.54, 1.807) is 7.11 Å². The Balaban J connectivity index is 0.00000288. The number of hydrogen-bond donors (Lipinski definition) is 1. The van der Waals surface area contributed by atoms with Gasteiger partial charge in [-0.3, -0.25) is 9.40 Å². The monoisotopic (exact) mass is 351 g/mol. The lowest BCUT2D eigenvalue weighted by molar-refractivity contribution is -0.647. The highest BCUT2D eigenvalue weighted by Gasteiger charge is 2.18. The molecular weight excluding hydrogens is 326 g/mol. The van der Waals surface area contributed by atoms with Gasteiger partial charge in [0, 0.05) is 0 Å². The van der Waals surface area contributed by atoms with Crippen LogP contribution in [0.25, 0.3) is 11.2 Å². The number of fused-ring (bicyclic) bond motifs is 1. The zero-order valence-corrected chi connectivity index (χ0v) is 15.8. The Bertz CT molecular complexity index is 732. The molecule has 2 rings (SSSR count). The number of hydrogen-bond acceptors (Lipinski definition) is 4. The van der Waals surface area contributed by atoms with Crippen molar-refractivity contribution in [1.82, 2.24) is 14.5 Å². The van der Waals surface area contributed by atoms with E-state index >= 15 is 0 Å². The van der Waals surface area contributed by atoms with E-state index in [2.05, 4.69) is 52.9 Å². The summed E-state index contributed by atoms with van der Waals surface area (Å²) in [5.41, 5.74) is 7.38. The molecule has 2 aromatic heterocycles. The summed E-state index contributed by atoms with van der Waals surface area (Å²) in [5, 5.41) is 0. The summed E-state index contributed by atoms with van der Waals surface area (Å²) < 4.78 is 4.12. The smallest absolute Gasteiger partial charge is 0.307 e. The van der Waals surface area contributed by atoms with E-state index in [-0.39, 0.29) is 12.4 Å². The first kappa shape index (κ1) is 20.1. The van der Waals surface area contributed by atoms with Crippen molar-refractivity contribution in [3.8, 4) is 0 Å². The van der Waals surface area contributed by atoms with Crippen molar-refractivity contribution >= 4 is 17.0 Å². The SMILES string of the molecule is CONc1ncnc2c1n(C/C=C(\C)CCC=C(C)C)c[n+]2C.[Cl-]. The molecular formula is C17H26ClN5O. The van der Waals surface area contributed by atoms with Crippen LogP contribution in [0.5, 0.6) is 0 Å². The van der Waals surface area contributed by atoms with E-state index in [9.17, 15) is 0 Å². The number of nitrogens with one attached hydrogen (secondary N) is 1. The molecule has 7 heteroatoms. The van der Waals surface area contributed by atoms with Gasteiger partial charge >= 0.3 is 5.65 Å². The largest absolute Gasteiger partial charge is 1.00 e. The fraction of sp³-hybridized carbons (Fsp3) is 0.471. The molecule has 0 aromatic carbocycles. The summed E-state index contributed by atoms with van der Waals surface area (Å²) >= 11 is 0. The van der Waals surface area contributed by atoms with Crippen LogP contribution in [0, 0.1) is 0 Å². The Kier molecular flexibility index (Phi) is 7.88. The van der Waals surface area contributed by atoms with Crippen LogP contribution in [0.15, 0.2) is 36.0 Å². The van der Waals surface area contributed by atoms with Crippen molar-refractivity contribution < 1.29 is 21.8 Å². The van der Waals surface area contributed by atoms with Crippen LogP contribution in [-0.2, 0) is 18.4 Å². The summed E-state index contributed by atoms with van der Waals surface area (Å²) in [7, 11) is 3.56. The van der Waals surface area contributed by atoms with Crippen molar-refractivity contribution in [2.24, 2.45) is 7.05 Å². The Labute approximate surface area is 149 Å². The second kappa shape index (κ2) is 9.39. The van der Waals surface area contributed by atoms with Gasteiger partial charge in [0.15, 0.2) is 18.5 Å². The van der Waals surface area contributed by atoms with Gasteiger partial charge < -0.3 is 12.4 Å². The van der Waals surface area contributed by atoms with Gasteiger partial charge in [-0.1, -0.05) is 28.3 Å². The van der Waals surface area contributed by atoms with Gasteiger partial charge in [0.25, 0.3) is 0 Å². The molecule has 0 bridgehead atoms. The van der Waals surface area contributed by atoms with Gasteiger partial charge in [0.2, 0.25) is 5.52 Å². The standard InChI is InChI=1S/C17H26N5O.ClH/c1-13(2)7-6-8-14(3)9-10-22-12-21(4)17-15(22)16(20-23-5)18-11-19-17;/h7,9,11-12H,6,8,10H2,1-5H3,(H,18,19,20);1H/q+1;/p-1/b14-9+;. The maximum Gasteiger partial charge on any atom is 0.307 e. The summed E-state index contributed by atoms with van der Waals surface area (Å²) in [6, 6.07) is 0. The van der Waals surface area contributed by atoms with Gasteiger partial charge in [-0.25, -0.2) is 10.0 Å². The van der Waals surface area contributed by atoms with Gasteiger partial charge in [0.05, 0.1) is 20.7 Å². The second-order valence-electron chi connectivity index (χ2n) is 5.95. The minimum Gasteiger partial charge on any atom is -1.00 e. The average Bonchev–Trinajstić information content (AvgIpc) is 2.83. The molecule has 0 radical (unpaired) electrons. The zero-order valence-electron chi connectivity index (χ0n) is 15.0. The van der Waals surface area contributed by atoms with E-state index in [4.69, 9.17) is 4.84 Å².